The van der Waals surface area contributed by atoms with Crippen LogP contribution in [0.25, 0.3) is 0 Å². The summed E-state index contributed by atoms with van der Waals surface area (Å²) in [6.07, 6.45) is 3.62. The lowest BCUT2D eigenvalue weighted by Crippen LogP contribution is -2.54. The maximum absolute atomic E-state index is 12.5. The molecular weight excluding hydrogens is 514 g/mol. The first-order valence-corrected chi connectivity index (χ1v) is 12.8. The zero-order valence-corrected chi connectivity index (χ0v) is 21.1. The summed E-state index contributed by atoms with van der Waals surface area (Å²) in [4.78, 5) is 53.0. The zero-order chi connectivity index (χ0) is 27.4. The molecule has 0 amide bonds. The third-order valence-electron chi connectivity index (χ3n) is 8.93. The smallest absolute Gasteiger partial charge is 0.330 e. The van der Waals surface area contributed by atoms with E-state index in [1.54, 1.807) is 24.7 Å². The summed E-state index contributed by atoms with van der Waals surface area (Å²) < 4.78 is 16.6. The number of aryl methyl sites for hydroxylation is 2. The Hall–Kier alpha value is -3.66. The number of nitrogens with zero attached hydrogens (tertiary/aromatic N) is 5. The van der Waals surface area contributed by atoms with Crippen molar-refractivity contribution in [1.29, 1.82) is 0 Å². The predicted molar refractivity (Wildman–Crippen MR) is 130 cm³/mol. The Labute approximate surface area is 218 Å². The van der Waals surface area contributed by atoms with E-state index in [1.165, 1.54) is 21.5 Å². The zero-order valence-electron chi connectivity index (χ0n) is 21.1. The SMILES string of the molecule is Cc1cn([C@@H]2O[C@@]3(CO)CC2[C@@H]3n2cc(C[C@@]34CC([C@H](n5cc(C)c(=O)[nH]c5=O)O3)[C@@H]4O)nn2)c(=O)[nH]c1=O. The van der Waals surface area contributed by atoms with Gasteiger partial charge < -0.3 is 19.7 Å². The number of aliphatic hydroxyl groups is 2. The second-order valence-corrected chi connectivity index (χ2v) is 11.3. The third kappa shape index (κ3) is 3.24. The molecule has 6 aliphatic rings. The van der Waals surface area contributed by atoms with E-state index in [9.17, 15) is 29.4 Å². The van der Waals surface area contributed by atoms with Gasteiger partial charge in [-0.3, -0.25) is 28.7 Å². The Balaban J connectivity index is 1.13. The average molecular weight is 542 g/mol. The van der Waals surface area contributed by atoms with Crippen molar-refractivity contribution < 1.29 is 19.7 Å². The van der Waals surface area contributed by atoms with Crippen LogP contribution in [0.2, 0.25) is 0 Å². The van der Waals surface area contributed by atoms with Crippen LogP contribution in [0.5, 0.6) is 0 Å². The molecule has 2 aliphatic carbocycles. The molecule has 9 rings (SSSR count). The first-order valence-electron chi connectivity index (χ1n) is 12.8. The minimum Gasteiger partial charge on any atom is -0.393 e. The molecule has 15 heteroatoms. The molecule has 3 aromatic heterocycles. The number of H-pyrrole nitrogens is 2. The van der Waals surface area contributed by atoms with E-state index >= 15 is 0 Å². The summed E-state index contributed by atoms with van der Waals surface area (Å²) in [5.41, 5.74) is -2.75. The van der Waals surface area contributed by atoms with Crippen molar-refractivity contribution in [2.24, 2.45) is 11.8 Å². The van der Waals surface area contributed by atoms with E-state index in [1.807, 2.05) is 0 Å². The molecule has 4 N–H and O–H groups in total. The number of nitrogens with one attached hydrogen (secondary N) is 2. The lowest BCUT2D eigenvalue weighted by molar-refractivity contribution is -0.116. The second kappa shape index (κ2) is 7.94. The Bertz CT molecular complexity index is 1740. The van der Waals surface area contributed by atoms with Gasteiger partial charge in [0.1, 0.15) is 23.7 Å². The molecule has 0 spiro atoms. The van der Waals surface area contributed by atoms with Crippen molar-refractivity contribution in [3.05, 3.63) is 77.1 Å². The van der Waals surface area contributed by atoms with Gasteiger partial charge in [-0.15, -0.1) is 5.10 Å². The molecule has 39 heavy (non-hydrogen) atoms. The quantitative estimate of drug-likeness (QED) is 0.271. The number of aliphatic hydroxyl groups excluding tert-OH is 2. The summed E-state index contributed by atoms with van der Waals surface area (Å²) in [5.74, 6) is -0.509. The molecule has 6 fully saturated rings. The van der Waals surface area contributed by atoms with Crippen molar-refractivity contribution in [2.75, 3.05) is 6.61 Å². The lowest BCUT2D eigenvalue weighted by atomic mass is 9.68. The van der Waals surface area contributed by atoms with E-state index in [4.69, 9.17) is 9.47 Å². The number of fused-ring (bicyclic) bond motifs is 2. The molecule has 0 aromatic carbocycles. The van der Waals surface area contributed by atoms with Gasteiger partial charge in [0.2, 0.25) is 0 Å². The molecule has 206 valence electrons. The molecule has 7 heterocycles. The van der Waals surface area contributed by atoms with Crippen LogP contribution >= 0.6 is 0 Å². The Kier molecular flexibility index (Phi) is 4.96. The summed E-state index contributed by atoms with van der Waals surface area (Å²) in [6, 6.07) is -0.399. The molecule has 4 saturated heterocycles. The highest BCUT2D eigenvalue weighted by atomic mass is 16.6. The highest BCUT2D eigenvalue weighted by Gasteiger charge is 2.68. The normalized spacial score (nSPS) is 36.1. The van der Waals surface area contributed by atoms with Crippen LogP contribution in [0.3, 0.4) is 0 Å². The van der Waals surface area contributed by atoms with Crippen LogP contribution in [0.15, 0.2) is 37.8 Å². The van der Waals surface area contributed by atoms with Crippen LogP contribution in [0.1, 0.15) is 48.2 Å². The molecule has 4 aliphatic heterocycles. The van der Waals surface area contributed by atoms with Gasteiger partial charge in [0.25, 0.3) is 11.1 Å². The van der Waals surface area contributed by atoms with Gasteiger partial charge in [0.15, 0.2) is 0 Å². The summed E-state index contributed by atoms with van der Waals surface area (Å²) in [5, 5.41) is 29.7. The summed E-state index contributed by atoms with van der Waals surface area (Å²) in [6.45, 7) is 2.90. The molecule has 4 bridgehead atoms. The standard InChI is InChI=1S/C24H27N7O8/c1-10-6-29(21(36)25-17(10)34)19-13-4-24(9-32,39-19)15(13)31-8-12(27-28-31)3-23-5-14(16(23)33)20(38-23)30-7-11(2)18(35)26-22(30)37/h6-8,13-16,19-20,32-33H,3-5,9H2,1-2H3,(H,25,34,36)(H,26,35,37)/t13?,14?,15-,16-,19+,20+,23-,24+/m0/s1. The minimum absolute atomic E-state index is 0.200. The Morgan fingerprint density at radius 3 is 2.08 bits per heavy atom. The van der Waals surface area contributed by atoms with Gasteiger partial charge in [-0.25, -0.2) is 14.3 Å². The van der Waals surface area contributed by atoms with Crippen molar-refractivity contribution in [3.8, 4) is 0 Å². The van der Waals surface area contributed by atoms with Crippen LogP contribution in [0.4, 0.5) is 0 Å². The van der Waals surface area contributed by atoms with Crippen LogP contribution in [-0.4, -0.2) is 68.2 Å². The third-order valence-corrected chi connectivity index (χ3v) is 8.93. The number of ether oxygens (including phenoxy) is 2. The number of rotatable bonds is 6. The Morgan fingerprint density at radius 2 is 1.49 bits per heavy atom. The van der Waals surface area contributed by atoms with Crippen LogP contribution in [-0.2, 0) is 15.9 Å². The fourth-order valence-corrected chi connectivity index (χ4v) is 6.89. The molecule has 3 aromatic rings. The predicted octanol–water partition coefficient (Wildman–Crippen LogP) is -1.99. The number of hydrogen-bond donors (Lipinski definition) is 4. The van der Waals surface area contributed by atoms with Gasteiger partial charge in [0.05, 0.1) is 24.4 Å². The molecule has 8 atom stereocenters. The molecule has 2 saturated carbocycles. The van der Waals surface area contributed by atoms with Crippen LogP contribution < -0.4 is 22.5 Å². The molecule has 0 radical (unpaired) electrons. The fraction of sp³-hybridized carbons (Fsp3) is 0.583. The maximum atomic E-state index is 12.5. The highest BCUT2D eigenvalue weighted by molar-refractivity contribution is 5.20. The van der Waals surface area contributed by atoms with Crippen molar-refractivity contribution in [1.82, 2.24) is 34.1 Å². The summed E-state index contributed by atoms with van der Waals surface area (Å²) in [7, 11) is 0. The number of aromatic amines is 2. The molecule has 2 unspecified atom stereocenters. The van der Waals surface area contributed by atoms with Gasteiger partial charge in [-0.05, 0) is 26.7 Å². The van der Waals surface area contributed by atoms with E-state index in [2.05, 4.69) is 20.3 Å². The van der Waals surface area contributed by atoms with Gasteiger partial charge in [0, 0.05) is 48.0 Å². The molecular formula is C24H27N7O8. The van der Waals surface area contributed by atoms with Gasteiger partial charge >= 0.3 is 11.4 Å². The van der Waals surface area contributed by atoms with Crippen LogP contribution in [0, 0.1) is 25.7 Å². The second-order valence-electron chi connectivity index (χ2n) is 11.3. The van der Waals surface area contributed by atoms with Crippen molar-refractivity contribution >= 4 is 0 Å². The lowest BCUT2D eigenvalue weighted by Gasteiger charge is -2.43. The topological polar surface area (TPSA) is 199 Å². The largest absolute Gasteiger partial charge is 0.393 e. The van der Waals surface area contributed by atoms with Crippen molar-refractivity contribution in [3.63, 3.8) is 0 Å². The maximum Gasteiger partial charge on any atom is 0.330 e. The average Bonchev–Trinajstić information content (AvgIpc) is 3.68. The first kappa shape index (κ1) is 24.4. The monoisotopic (exact) mass is 541 g/mol. The summed E-state index contributed by atoms with van der Waals surface area (Å²) >= 11 is 0. The van der Waals surface area contributed by atoms with Gasteiger partial charge in [-0.2, -0.15) is 0 Å². The number of aromatic nitrogens is 7. The van der Waals surface area contributed by atoms with E-state index in [0.29, 0.717) is 29.7 Å². The first-order chi connectivity index (χ1) is 18.6. The fourth-order valence-electron chi connectivity index (χ4n) is 6.89. The highest BCUT2D eigenvalue weighted by Crippen LogP contribution is 2.63. The Morgan fingerprint density at radius 1 is 0.923 bits per heavy atom. The van der Waals surface area contributed by atoms with E-state index in [-0.39, 0.29) is 24.9 Å². The van der Waals surface area contributed by atoms with Gasteiger partial charge in [-0.1, -0.05) is 5.21 Å². The number of hydrogen-bond acceptors (Lipinski definition) is 10. The van der Waals surface area contributed by atoms with E-state index in [0.717, 1.165) is 0 Å². The molecule has 15 nitrogen and oxygen atoms in total. The van der Waals surface area contributed by atoms with Crippen molar-refractivity contribution in [2.45, 2.75) is 68.9 Å². The van der Waals surface area contributed by atoms with E-state index < -0.39 is 58.3 Å². The minimum atomic E-state index is -0.957.